The Morgan fingerprint density at radius 2 is 2.00 bits per heavy atom. The molecule has 5 nitrogen and oxygen atoms in total. The average Bonchev–Trinajstić information content (AvgIpc) is 2.86. The Morgan fingerprint density at radius 3 is 2.71 bits per heavy atom. The number of pyridine rings is 1. The number of benzene rings is 1. The van der Waals surface area contributed by atoms with Crippen molar-refractivity contribution in [3.63, 3.8) is 0 Å². The maximum Gasteiger partial charge on any atom is 0.255 e. The van der Waals surface area contributed by atoms with Crippen molar-refractivity contribution < 1.29 is 9.53 Å². The average molecular weight is 380 g/mol. The lowest BCUT2D eigenvalue weighted by Gasteiger charge is -2.42. The Kier molecular flexibility index (Phi) is 5.36. The van der Waals surface area contributed by atoms with Crippen LogP contribution in [0, 0.1) is 5.92 Å². The molecule has 1 spiro atoms. The van der Waals surface area contributed by atoms with E-state index in [2.05, 4.69) is 30.0 Å². The zero-order valence-electron chi connectivity index (χ0n) is 16.8. The molecule has 1 aromatic carbocycles. The fraction of sp³-hybridized carbons (Fsp3) is 0.478. The van der Waals surface area contributed by atoms with E-state index in [1.165, 1.54) is 0 Å². The lowest BCUT2D eigenvalue weighted by atomic mass is 9.78. The van der Waals surface area contributed by atoms with Crippen molar-refractivity contribution in [3.05, 3.63) is 59.9 Å². The van der Waals surface area contributed by atoms with Crippen LogP contribution in [0.25, 0.3) is 0 Å². The molecule has 1 fully saturated rings. The summed E-state index contributed by atoms with van der Waals surface area (Å²) in [6.45, 7) is 2.32. The van der Waals surface area contributed by atoms with Crippen LogP contribution >= 0.6 is 0 Å². The van der Waals surface area contributed by atoms with Gasteiger partial charge in [-0.3, -0.25) is 9.78 Å². The first kappa shape index (κ1) is 18.9. The van der Waals surface area contributed by atoms with E-state index in [4.69, 9.17) is 4.74 Å². The molecule has 0 bridgehead atoms. The first-order valence-corrected chi connectivity index (χ1v) is 10.2. The van der Waals surface area contributed by atoms with Gasteiger partial charge in [0.2, 0.25) is 0 Å². The van der Waals surface area contributed by atoms with Crippen LogP contribution in [0.15, 0.2) is 48.8 Å². The van der Waals surface area contributed by atoms with Crippen LogP contribution in [0.4, 0.5) is 0 Å². The number of nitrogens with zero attached hydrogens (tertiary/aromatic N) is 3. The SMILES string of the molecule is CN(C)CC1CCC2(CC1)CN(C(=O)c1cccnc1)Cc1ccccc1O2. The van der Waals surface area contributed by atoms with Gasteiger partial charge in [0.25, 0.3) is 5.91 Å². The second kappa shape index (κ2) is 7.92. The topological polar surface area (TPSA) is 45.7 Å². The maximum absolute atomic E-state index is 13.2. The molecule has 1 aromatic heterocycles. The number of carbonyl (C=O) groups excluding carboxylic acids is 1. The molecule has 0 atom stereocenters. The second-order valence-electron chi connectivity index (χ2n) is 8.50. The summed E-state index contributed by atoms with van der Waals surface area (Å²) in [4.78, 5) is 21.6. The molecule has 2 aromatic rings. The molecule has 0 N–H and O–H groups in total. The number of rotatable bonds is 3. The largest absolute Gasteiger partial charge is 0.485 e. The standard InChI is InChI=1S/C23H29N3O2/c1-25(2)15-18-9-11-23(12-10-18)17-26(22(27)19-7-5-13-24-14-19)16-20-6-3-4-8-21(20)28-23/h3-8,13-14,18H,9-12,15-17H2,1-2H3. The number of ether oxygens (including phenoxy) is 1. The van der Waals surface area contributed by atoms with Crippen molar-refractivity contribution in [2.24, 2.45) is 5.92 Å². The summed E-state index contributed by atoms with van der Waals surface area (Å²) in [5.74, 6) is 1.66. The van der Waals surface area contributed by atoms with Gasteiger partial charge in [-0.05, 0) is 63.9 Å². The Labute approximate surface area is 167 Å². The number of carbonyl (C=O) groups is 1. The quantitative estimate of drug-likeness (QED) is 0.817. The van der Waals surface area contributed by atoms with Crippen molar-refractivity contribution in [2.75, 3.05) is 27.2 Å². The van der Waals surface area contributed by atoms with E-state index in [1.54, 1.807) is 12.4 Å². The highest BCUT2D eigenvalue weighted by molar-refractivity contribution is 5.94. The van der Waals surface area contributed by atoms with Crippen LogP contribution in [0.1, 0.15) is 41.6 Å². The maximum atomic E-state index is 13.2. The Bertz CT molecular complexity index is 814. The monoisotopic (exact) mass is 379 g/mol. The summed E-state index contributed by atoms with van der Waals surface area (Å²) < 4.78 is 6.63. The molecule has 1 aliphatic heterocycles. The normalized spacial score (nSPS) is 24.5. The molecule has 1 saturated carbocycles. The molecule has 0 saturated heterocycles. The summed E-state index contributed by atoms with van der Waals surface area (Å²) in [5.41, 5.74) is 1.41. The summed E-state index contributed by atoms with van der Waals surface area (Å²) >= 11 is 0. The Hall–Kier alpha value is -2.40. The molecule has 148 valence electrons. The van der Waals surface area contributed by atoms with Crippen LogP contribution < -0.4 is 4.74 Å². The fourth-order valence-electron chi connectivity index (χ4n) is 4.59. The zero-order valence-corrected chi connectivity index (χ0v) is 16.8. The lowest BCUT2D eigenvalue weighted by molar-refractivity contribution is -0.00724. The van der Waals surface area contributed by atoms with Gasteiger partial charge in [0.15, 0.2) is 0 Å². The number of para-hydroxylation sites is 1. The molecule has 4 rings (SSSR count). The van der Waals surface area contributed by atoms with Crippen molar-refractivity contribution in [1.82, 2.24) is 14.8 Å². The first-order chi connectivity index (χ1) is 13.5. The molecule has 1 amide bonds. The number of amides is 1. The fourth-order valence-corrected chi connectivity index (χ4v) is 4.59. The van der Waals surface area contributed by atoms with Crippen LogP contribution in [0.3, 0.4) is 0 Å². The van der Waals surface area contributed by atoms with Crippen LogP contribution in [-0.2, 0) is 6.54 Å². The van der Waals surface area contributed by atoms with Gasteiger partial charge in [0.05, 0.1) is 12.1 Å². The van der Waals surface area contributed by atoms with Gasteiger partial charge in [-0.2, -0.15) is 0 Å². The van der Waals surface area contributed by atoms with Gasteiger partial charge in [-0.1, -0.05) is 18.2 Å². The number of hydrogen-bond acceptors (Lipinski definition) is 4. The Balaban J connectivity index is 1.60. The molecular formula is C23H29N3O2. The van der Waals surface area contributed by atoms with Gasteiger partial charge < -0.3 is 14.5 Å². The van der Waals surface area contributed by atoms with E-state index in [0.717, 1.165) is 43.5 Å². The van der Waals surface area contributed by atoms with Crippen molar-refractivity contribution >= 4 is 5.91 Å². The van der Waals surface area contributed by atoms with E-state index in [1.807, 2.05) is 35.2 Å². The highest BCUT2D eigenvalue weighted by Gasteiger charge is 2.42. The van der Waals surface area contributed by atoms with E-state index >= 15 is 0 Å². The summed E-state index contributed by atoms with van der Waals surface area (Å²) in [7, 11) is 4.27. The molecule has 2 heterocycles. The highest BCUT2D eigenvalue weighted by atomic mass is 16.5. The van der Waals surface area contributed by atoms with Crippen molar-refractivity contribution in [2.45, 2.75) is 37.8 Å². The second-order valence-corrected chi connectivity index (χ2v) is 8.50. The van der Waals surface area contributed by atoms with Gasteiger partial charge in [-0.15, -0.1) is 0 Å². The number of aromatic nitrogens is 1. The predicted octanol–water partition coefficient (Wildman–Crippen LogP) is 3.61. The van der Waals surface area contributed by atoms with Crippen molar-refractivity contribution in [3.8, 4) is 5.75 Å². The van der Waals surface area contributed by atoms with Crippen molar-refractivity contribution in [1.29, 1.82) is 0 Å². The summed E-state index contributed by atoms with van der Waals surface area (Å²) in [6.07, 6.45) is 7.59. The minimum Gasteiger partial charge on any atom is -0.485 e. The zero-order chi connectivity index (χ0) is 19.6. The molecule has 0 radical (unpaired) electrons. The van der Waals surface area contributed by atoms with Gasteiger partial charge in [0.1, 0.15) is 11.4 Å². The molecule has 28 heavy (non-hydrogen) atoms. The predicted molar refractivity (Wildman–Crippen MR) is 109 cm³/mol. The van der Waals surface area contributed by atoms with E-state index in [-0.39, 0.29) is 11.5 Å². The van der Waals surface area contributed by atoms with Gasteiger partial charge in [0, 0.05) is 31.0 Å². The van der Waals surface area contributed by atoms with Crippen LogP contribution in [0.2, 0.25) is 0 Å². The minimum atomic E-state index is -0.298. The van der Waals surface area contributed by atoms with Gasteiger partial charge in [-0.25, -0.2) is 0 Å². The van der Waals surface area contributed by atoms with Gasteiger partial charge >= 0.3 is 0 Å². The third kappa shape index (κ3) is 4.04. The summed E-state index contributed by atoms with van der Waals surface area (Å²) in [6, 6.07) is 11.8. The highest BCUT2D eigenvalue weighted by Crippen LogP contribution is 2.40. The van der Waals surface area contributed by atoms with Crippen LogP contribution in [0.5, 0.6) is 5.75 Å². The third-order valence-electron chi connectivity index (χ3n) is 5.97. The minimum absolute atomic E-state index is 0.0307. The molecule has 1 aliphatic carbocycles. The van der Waals surface area contributed by atoms with E-state index in [9.17, 15) is 4.79 Å². The molecule has 0 unspecified atom stereocenters. The number of fused-ring (bicyclic) bond motifs is 1. The van der Waals surface area contributed by atoms with E-state index in [0.29, 0.717) is 24.6 Å². The number of hydrogen-bond donors (Lipinski definition) is 0. The molecule has 5 heteroatoms. The van der Waals surface area contributed by atoms with E-state index < -0.39 is 0 Å². The summed E-state index contributed by atoms with van der Waals surface area (Å²) in [5, 5.41) is 0. The smallest absolute Gasteiger partial charge is 0.255 e. The van der Waals surface area contributed by atoms with Crippen LogP contribution in [-0.4, -0.2) is 53.5 Å². The lowest BCUT2D eigenvalue weighted by Crippen LogP contribution is -2.50. The first-order valence-electron chi connectivity index (χ1n) is 10.2. The third-order valence-corrected chi connectivity index (χ3v) is 5.97. The molecule has 2 aliphatic rings. The Morgan fingerprint density at radius 1 is 1.21 bits per heavy atom. The molecular weight excluding hydrogens is 350 g/mol.